The fourth-order valence-corrected chi connectivity index (χ4v) is 4.06. The van der Waals surface area contributed by atoms with Crippen LogP contribution in [0.3, 0.4) is 0 Å². The quantitative estimate of drug-likeness (QED) is 0.343. The van der Waals surface area contributed by atoms with E-state index in [2.05, 4.69) is 15.3 Å². The summed E-state index contributed by atoms with van der Waals surface area (Å²) >= 11 is 0. The van der Waals surface area contributed by atoms with E-state index < -0.39 is 13.0 Å². The number of hydrogen-bond acceptors (Lipinski definition) is 5. The molecular formula is C22H19N4O5P. The minimum Gasteiger partial charge on any atom is -0.508 e. The molecule has 9 nitrogen and oxygen atoms in total. The molecule has 3 aromatic heterocycles. The van der Waals surface area contributed by atoms with E-state index in [1.165, 1.54) is 6.07 Å². The smallest absolute Gasteiger partial charge is 0.374 e. The molecule has 0 radical (unpaired) electrons. The van der Waals surface area contributed by atoms with Crippen LogP contribution in [0, 0.1) is 5.92 Å². The Bertz CT molecular complexity index is 1410. The molecule has 0 aliphatic heterocycles. The highest BCUT2D eigenvalue weighted by atomic mass is 31.2. The third-order valence-corrected chi connectivity index (χ3v) is 6.07. The van der Waals surface area contributed by atoms with Crippen molar-refractivity contribution in [3.8, 4) is 28.3 Å². The van der Waals surface area contributed by atoms with Gasteiger partial charge in [-0.25, -0.2) is 9.97 Å². The maximum absolute atomic E-state index is 12.1. The first-order chi connectivity index (χ1) is 15.3. The van der Waals surface area contributed by atoms with Gasteiger partial charge in [0.25, 0.3) is 0 Å². The summed E-state index contributed by atoms with van der Waals surface area (Å²) in [4.78, 5) is 39.5. The van der Waals surface area contributed by atoms with Crippen molar-refractivity contribution in [3.05, 3.63) is 60.8 Å². The van der Waals surface area contributed by atoms with Gasteiger partial charge in [-0.2, -0.15) is 0 Å². The first-order valence-electron chi connectivity index (χ1n) is 9.95. The number of benzene rings is 1. The Labute approximate surface area is 182 Å². The van der Waals surface area contributed by atoms with Gasteiger partial charge in [0.1, 0.15) is 11.4 Å². The lowest BCUT2D eigenvalue weighted by Crippen LogP contribution is -2.13. The van der Waals surface area contributed by atoms with Gasteiger partial charge in [-0.15, -0.1) is 0 Å². The number of imidazole rings is 1. The van der Waals surface area contributed by atoms with Crippen LogP contribution in [0.5, 0.6) is 5.75 Å². The van der Waals surface area contributed by atoms with Crippen molar-refractivity contribution in [2.75, 3.05) is 5.32 Å². The molecule has 0 saturated heterocycles. The van der Waals surface area contributed by atoms with Crippen LogP contribution in [0.1, 0.15) is 12.8 Å². The highest BCUT2D eigenvalue weighted by Gasteiger charge is 2.30. The third-order valence-electron chi connectivity index (χ3n) is 5.24. The molecule has 1 saturated carbocycles. The fraction of sp³-hybridized carbons (Fsp3) is 0.136. The molecule has 32 heavy (non-hydrogen) atoms. The summed E-state index contributed by atoms with van der Waals surface area (Å²) in [5, 5.41) is 12.8. The molecule has 4 N–H and O–H groups in total. The Morgan fingerprint density at radius 1 is 1.03 bits per heavy atom. The Morgan fingerprint density at radius 2 is 1.78 bits per heavy atom. The first-order valence-corrected chi connectivity index (χ1v) is 11.6. The summed E-state index contributed by atoms with van der Waals surface area (Å²) < 4.78 is 13.5. The van der Waals surface area contributed by atoms with Gasteiger partial charge in [0.2, 0.25) is 5.91 Å². The monoisotopic (exact) mass is 450 g/mol. The van der Waals surface area contributed by atoms with E-state index in [-0.39, 0.29) is 23.3 Å². The standard InChI is InChI=1S/C22H19N4O5P/c27-16-10-17(23-21(11-16)32(29,30)31)14-3-1-4-15(9-14)18-5-2-6-20-24-19(12-26(18)20)25-22(28)13-7-8-13/h1-6,9-13H,7-8H2,(H,23,27)(H,25,28)(H2,29,30,31). The number of nitrogens with zero attached hydrogens (tertiary/aromatic N) is 3. The number of nitrogens with one attached hydrogen (secondary N) is 1. The minimum atomic E-state index is -4.62. The van der Waals surface area contributed by atoms with Gasteiger partial charge >= 0.3 is 7.60 Å². The molecular weight excluding hydrogens is 431 g/mol. The van der Waals surface area contributed by atoms with E-state index in [1.807, 2.05) is 34.7 Å². The van der Waals surface area contributed by atoms with E-state index in [0.717, 1.165) is 30.2 Å². The van der Waals surface area contributed by atoms with Crippen molar-refractivity contribution in [1.82, 2.24) is 14.4 Å². The van der Waals surface area contributed by atoms with Crippen molar-refractivity contribution in [2.45, 2.75) is 12.8 Å². The predicted molar refractivity (Wildman–Crippen MR) is 119 cm³/mol. The molecule has 1 fully saturated rings. The Morgan fingerprint density at radius 3 is 2.53 bits per heavy atom. The zero-order chi connectivity index (χ0) is 22.5. The lowest BCUT2D eigenvalue weighted by Gasteiger charge is -2.10. The molecule has 3 heterocycles. The van der Waals surface area contributed by atoms with E-state index >= 15 is 0 Å². The van der Waals surface area contributed by atoms with Crippen molar-refractivity contribution in [1.29, 1.82) is 0 Å². The fourth-order valence-electron chi connectivity index (χ4n) is 3.52. The van der Waals surface area contributed by atoms with Crippen LogP contribution in [-0.4, -0.2) is 35.2 Å². The molecule has 0 spiro atoms. The molecule has 0 bridgehead atoms. The second-order valence-electron chi connectivity index (χ2n) is 7.72. The topological polar surface area (TPSA) is 137 Å². The molecule has 0 atom stereocenters. The number of hydrogen-bond donors (Lipinski definition) is 4. The predicted octanol–water partition coefficient (Wildman–Crippen LogP) is 2.92. The van der Waals surface area contributed by atoms with E-state index in [9.17, 15) is 24.3 Å². The van der Waals surface area contributed by atoms with Crippen molar-refractivity contribution in [2.24, 2.45) is 5.92 Å². The number of aromatic nitrogens is 3. The van der Waals surface area contributed by atoms with E-state index in [0.29, 0.717) is 17.0 Å². The lowest BCUT2D eigenvalue weighted by molar-refractivity contribution is -0.117. The Balaban J connectivity index is 1.55. The lowest BCUT2D eigenvalue weighted by atomic mass is 10.0. The molecule has 0 unspecified atom stereocenters. The second-order valence-corrected chi connectivity index (χ2v) is 9.27. The van der Waals surface area contributed by atoms with Crippen molar-refractivity contribution < 1.29 is 24.3 Å². The molecule has 1 aromatic carbocycles. The molecule has 4 aromatic rings. The normalized spacial score (nSPS) is 13.9. The SMILES string of the molecule is O=C(Nc1cn2c(-c3cccc(-c4cc(O)cc(P(=O)(O)O)n4)c3)cccc2n1)C1CC1. The number of anilines is 1. The molecule has 1 aliphatic carbocycles. The number of fused-ring (bicyclic) bond motifs is 1. The second kappa shape index (κ2) is 7.56. The van der Waals surface area contributed by atoms with Crippen molar-refractivity contribution >= 4 is 30.4 Å². The largest absolute Gasteiger partial charge is 0.508 e. The number of amides is 1. The minimum absolute atomic E-state index is 0.0206. The van der Waals surface area contributed by atoms with Crippen LogP contribution in [0.4, 0.5) is 5.82 Å². The van der Waals surface area contributed by atoms with Crippen LogP contribution in [0.15, 0.2) is 60.8 Å². The Kier molecular flexibility index (Phi) is 4.82. The van der Waals surface area contributed by atoms with Crippen LogP contribution in [0.2, 0.25) is 0 Å². The number of aromatic hydroxyl groups is 1. The van der Waals surface area contributed by atoms with Crippen LogP contribution in [-0.2, 0) is 9.36 Å². The van der Waals surface area contributed by atoms with Crippen molar-refractivity contribution in [3.63, 3.8) is 0 Å². The van der Waals surface area contributed by atoms with Crippen LogP contribution in [0.25, 0.3) is 28.2 Å². The number of rotatable bonds is 5. The first kappa shape index (κ1) is 20.4. The summed E-state index contributed by atoms with van der Waals surface area (Å²) in [6.07, 6.45) is 3.57. The van der Waals surface area contributed by atoms with Crippen LogP contribution >= 0.6 is 7.60 Å². The maximum atomic E-state index is 12.1. The average molecular weight is 450 g/mol. The maximum Gasteiger partial charge on any atom is 0.374 e. The van der Waals surface area contributed by atoms with Gasteiger partial charge in [-0.1, -0.05) is 24.3 Å². The van der Waals surface area contributed by atoms with E-state index in [1.54, 1.807) is 18.3 Å². The highest BCUT2D eigenvalue weighted by molar-refractivity contribution is 7.60. The molecule has 10 heteroatoms. The number of carbonyl (C=O) groups excluding carboxylic acids is 1. The summed E-state index contributed by atoms with van der Waals surface area (Å²) in [6, 6.07) is 15.1. The van der Waals surface area contributed by atoms with Crippen LogP contribution < -0.4 is 10.8 Å². The van der Waals surface area contributed by atoms with Gasteiger partial charge in [0.05, 0.1) is 17.6 Å². The Hall–Kier alpha value is -3.52. The summed E-state index contributed by atoms with van der Waals surface area (Å²) in [6.45, 7) is 0. The summed E-state index contributed by atoms with van der Waals surface area (Å²) in [7, 11) is -4.62. The van der Waals surface area contributed by atoms with Gasteiger partial charge < -0.3 is 20.2 Å². The summed E-state index contributed by atoms with van der Waals surface area (Å²) in [5.41, 5.74) is 2.59. The van der Waals surface area contributed by atoms with E-state index in [4.69, 9.17) is 0 Å². The molecule has 1 aliphatic rings. The number of pyridine rings is 2. The molecule has 162 valence electrons. The number of carbonyl (C=O) groups is 1. The highest BCUT2D eigenvalue weighted by Crippen LogP contribution is 2.35. The third kappa shape index (κ3) is 4.01. The summed E-state index contributed by atoms with van der Waals surface area (Å²) in [5.74, 6) is 0.245. The molecule has 5 rings (SSSR count). The van der Waals surface area contributed by atoms with Gasteiger partial charge in [-0.05, 0) is 36.6 Å². The molecule has 1 amide bonds. The zero-order valence-electron chi connectivity index (χ0n) is 16.7. The van der Waals surface area contributed by atoms with Gasteiger partial charge in [-0.3, -0.25) is 13.8 Å². The zero-order valence-corrected chi connectivity index (χ0v) is 17.6. The van der Waals surface area contributed by atoms with Gasteiger partial charge in [0.15, 0.2) is 11.3 Å². The van der Waals surface area contributed by atoms with Gasteiger partial charge in [0, 0.05) is 23.6 Å². The average Bonchev–Trinajstić information content (AvgIpc) is 3.52.